The smallest absolute Gasteiger partial charge is 0.280 e. The number of aliphatic hydroxyl groups excluding tert-OH is 1. The standard InChI is InChI=1S/C32H52N6O7S/c1-23-18-38(24(2)21-39)32(41)27-17-26(34-46(42,43)30-20-36(6)22-33-30)13-14-28(27)45-25(3)11-8-9-16-44-29(23)19-37(7)31(40)12-10-15-35(4)5/h13-14,17,20,22-25,29,34,39H,8-12,15-16,18-19,21H2,1-7H3/t23-,24+,25-,29-/m1/s1. The number of rotatable bonds is 11. The first-order chi connectivity index (χ1) is 21.7. The summed E-state index contributed by atoms with van der Waals surface area (Å²) in [6.07, 6.45) is 5.74. The Morgan fingerprint density at radius 3 is 2.61 bits per heavy atom. The molecule has 1 aliphatic rings. The third-order valence-electron chi connectivity index (χ3n) is 8.14. The summed E-state index contributed by atoms with van der Waals surface area (Å²) in [4.78, 5) is 36.5. The molecule has 2 heterocycles. The van der Waals surface area contributed by atoms with E-state index in [2.05, 4.69) is 9.71 Å². The van der Waals surface area contributed by atoms with E-state index in [0.29, 0.717) is 31.7 Å². The van der Waals surface area contributed by atoms with Gasteiger partial charge in [-0.15, -0.1) is 0 Å². The molecule has 0 fully saturated rings. The number of aliphatic hydroxyl groups is 1. The predicted octanol–water partition coefficient (Wildman–Crippen LogP) is 2.82. The van der Waals surface area contributed by atoms with Crippen LogP contribution in [0, 0.1) is 5.92 Å². The Morgan fingerprint density at radius 1 is 1.22 bits per heavy atom. The number of carbonyl (C=O) groups excluding carboxylic acids is 2. The number of hydrogen-bond donors (Lipinski definition) is 2. The highest BCUT2D eigenvalue weighted by Crippen LogP contribution is 2.29. The molecule has 2 aromatic rings. The first kappa shape index (κ1) is 37.3. The number of likely N-dealkylation sites (N-methyl/N-ethyl adjacent to an activating group) is 1. The van der Waals surface area contributed by atoms with E-state index < -0.39 is 22.0 Å². The maximum absolute atomic E-state index is 14.3. The number of nitrogens with zero attached hydrogens (tertiary/aromatic N) is 5. The van der Waals surface area contributed by atoms with Crippen molar-refractivity contribution in [3.8, 4) is 5.75 Å². The van der Waals surface area contributed by atoms with Crippen molar-refractivity contribution in [3.05, 3.63) is 36.3 Å². The van der Waals surface area contributed by atoms with Gasteiger partial charge < -0.3 is 33.8 Å². The van der Waals surface area contributed by atoms with Gasteiger partial charge in [-0.1, -0.05) is 6.92 Å². The number of aromatic nitrogens is 2. The second-order valence-corrected chi connectivity index (χ2v) is 14.3. The number of aryl methyl sites for hydroxylation is 1. The lowest BCUT2D eigenvalue weighted by Gasteiger charge is -2.36. The maximum Gasteiger partial charge on any atom is 0.280 e. The third kappa shape index (κ3) is 10.7. The molecule has 0 unspecified atom stereocenters. The summed E-state index contributed by atoms with van der Waals surface area (Å²) in [7, 11) is 3.39. The van der Waals surface area contributed by atoms with E-state index in [1.165, 1.54) is 23.2 Å². The van der Waals surface area contributed by atoms with Crippen molar-refractivity contribution in [2.45, 2.75) is 76.2 Å². The van der Waals surface area contributed by atoms with Gasteiger partial charge in [0.1, 0.15) is 5.75 Å². The molecule has 1 aromatic heterocycles. The minimum Gasteiger partial charge on any atom is -0.490 e. The lowest BCUT2D eigenvalue weighted by molar-refractivity contribution is -0.132. The quantitative estimate of drug-likeness (QED) is 0.370. The minimum atomic E-state index is -4.01. The van der Waals surface area contributed by atoms with E-state index in [0.717, 1.165) is 25.8 Å². The van der Waals surface area contributed by atoms with Crippen LogP contribution in [0.1, 0.15) is 63.2 Å². The van der Waals surface area contributed by atoms with Crippen LogP contribution >= 0.6 is 0 Å². The number of sulfonamides is 1. The first-order valence-corrected chi connectivity index (χ1v) is 17.4. The van der Waals surface area contributed by atoms with Crippen LogP contribution in [0.4, 0.5) is 5.69 Å². The fourth-order valence-electron chi connectivity index (χ4n) is 5.29. The molecule has 13 nitrogen and oxygen atoms in total. The molecule has 0 radical (unpaired) electrons. The molecule has 2 amide bonds. The Labute approximate surface area is 273 Å². The molecule has 2 N–H and O–H groups in total. The molecule has 3 rings (SSSR count). The van der Waals surface area contributed by atoms with Crippen molar-refractivity contribution in [1.29, 1.82) is 0 Å². The monoisotopic (exact) mass is 664 g/mol. The van der Waals surface area contributed by atoms with Crippen LogP contribution in [0.15, 0.2) is 35.7 Å². The topological polar surface area (TPSA) is 147 Å². The number of fused-ring (bicyclic) bond motifs is 1. The molecular formula is C32H52N6O7S. The molecule has 1 aliphatic heterocycles. The van der Waals surface area contributed by atoms with Crippen molar-refractivity contribution in [2.24, 2.45) is 13.0 Å². The number of benzene rings is 1. The van der Waals surface area contributed by atoms with Crippen LogP contribution in [-0.4, -0.2) is 122 Å². The highest BCUT2D eigenvalue weighted by atomic mass is 32.2. The SMILES string of the molecule is C[C@@H]1CCCCO[C@H](CN(C)C(=O)CCCN(C)C)[C@H](C)CN([C@@H](C)CO)C(=O)c2cc(NS(=O)(=O)c3cn(C)cn3)ccc2O1. The molecule has 0 spiro atoms. The van der Waals surface area contributed by atoms with Crippen molar-refractivity contribution in [1.82, 2.24) is 24.3 Å². The van der Waals surface area contributed by atoms with E-state index in [1.54, 1.807) is 43.0 Å². The number of amides is 2. The van der Waals surface area contributed by atoms with Gasteiger partial charge >= 0.3 is 0 Å². The molecule has 14 heteroatoms. The Bertz CT molecular complexity index is 1400. The zero-order valence-electron chi connectivity index (χ0n) is 28.3. The van der Waals surface area contributed by atoms with Crippen molar-refractivity contribution < 1.29 is 32.6 Å². The number of hydrogen-bond acceptors (Lipinski definition) is 9. The second-order valence-electron chi connectivity index (χ2n) is 12.7. The lowest BCUT2D eigenvalue weighted by atomic mass is 10.0. The Balaban J connectivity index is 1.93. The lowest BCUT2D eigenvalue weighted by Crippen LogP contribution is -2.48. The summed E-state index contributed by atoms with van der Waals surface area (Å²) in [6, 6.07) is 4.06. The van der Waals surface area contributed by atoms with Crippen LogP contribution in [0.3, 0.4) is 0 Å². The normalized spacial score (nSPS) is 20.8. The van der Waals surface area contributed by atoms with Crippen LogP contribution in [0.5, 0.6) is 5.75 Å². The van der Waals surface area contributed by atoms with E-state index in [9.17, 15) is 23.1 Å². The summed E-state index contributed by atoms with van der Waals surface area (Å²) in [5, 5.41) is 10.0. The number of nitrogens with one attached hydrogen (secondary N) is 1. The molecular weight excluding hydrogens is 612 g/mol. The molecule has 0 saturated heterocycles. The fourth-order valence-corrected chi connectivity index (χ4v) is 6.33. The number of ether oxygens (including phenoxy) is 2. The van der Waals surface area contributed by atoms with E-state index in [-0.39, 0.29) is 53.5 Å². The summed E-state index contributed by atoms with van der Waals surface area (Å²) in [5.41, 5.74) is 0.346. The average molecular weight is 665 g/mol. The van der Waals surface area contributed by atoms with Crippen LogP contribution in [-0.2, 0) is 26.6 Å². The molecule has 1 aromatic carbocycles. The number of imidazole rings is 1. The summed E-state index contributed by atoms with van der Waals surface area (Å²) >= 11 is 0. The highest BCUT2D eigenvalue weighted by molar-refractivity contribution is 7.92. The van der Waals surface area contributed by atoms with Gasteiger partial charge in [0, 0.05) is 58.0 Å². The van der Waals surface area contributed by atoms with Crippen molar-refractivity contribution in [3.63, 3.8) is 0 Å². The van der Waals surface area contributed by atoms with Gasteiger partial charge in [-0.05, 0) is 78.4 Å². The molecule has 0 bridgehead atoms. The predicted molar refractivity (Wildman–Crippen MR) is 176 cm³/mol. The van der Waals surface area contributed by atoms with Crippen LogP contribution < -0.4 is 9.46 Å². The molecule has 46 heavy (non-hydrogen) atoms. The number of carbonyl (C=O) groups is 2. The van der Waals surface area contributed by atoms with Gasteiger partial charge in [0.05, 0.1) is 36.7 Å². The van der Waals surface area contributed by atoms with Crippen molar-refractivity contribution >= 4 is 27.5 Å². The van der Waals surface area contributed by atoms with Crippen LogP contribution in [0.2, 0.25) is 0 Å². The van der Waals surface area contributed by atoms with E-state index in [1.807, 2.05) is 32.8 Å². The summed E-state index contributed by atoms with van der Waals surface area (Å²) < 4.78 is 42.7. The second kappa shape index (κ2) is 17.1. The average Bonchev–Trinajstić information content (AvgIpc) is 3.45. The van der Waals surface area contributed by atoms with Gasteiger partial charge in [-0.25, -0.2) is 4.98 Å². The Kier molecular flexibility index (Phi) is 13.8. The van der Waals surface area contributed by atoms with Gasteiger partial charge in [-0.2, -0.15) is 8.42 Å². The first-order valence-electron chi connectivity index (χ1n) is 16.0. The fraction of sp³-hybridized carbons (Fsp3) is 0.656. The number of anilines is 1. The molecule has 258 valence electrons. The minimum absolute atomic E-state index is 0.0364. The van der Waals surface area contributed by atoms with Crippen molar-refractivity contribution in [2.75, 3.05) is 58.7 Å². The van der Waals surface area contributed by atoms with Crippen LogP contribution in [0.25, 0.3) is 0 Å². The van der Waals surface area contributed by atoms with Gasteiger partial charge in [0.2, 0.25) is 5.91 Å². The summed E-state index contributed by atoms with van der Waals surface area (Å²) in [6.45, 7) is 7.29. The Hall–Kier alpha value is -3.20. The summed E-state index contributed by atoms with van der Waals surface area (Å²) in [5.74, 6) is -0.256. The Morgan fingerprint density at radius 2 is 1.96 bits per heavy atom. The maximum atomic E-state index is 14.3. The largest absolute Gasteiger partial charge is 0.490 e. The zero-order valence-corrected chi connectivity index (χ0v) is 29.1. The van der Waals surface area contributed by atoms with Gasteiger partial charge in [0.25, 0.3) is 15.9 Å². The molecule has 4 atom stereocenters. The zero-order chi connectivity index (χ0) is 34.0. The highest BCUT2D eigenvalue weighted by Gasteiger charge is 2.31. The van der Waals surface area contributed by atoms with E-state index in [4.69, 9.17) is 9.47 Å². The van der Waals surface area contributed by atoms with E-state index >= 15 is 0 Å². The third-order valence-corrected chi connectivity index (χ3v) is 9.40. The van der Waals surface area contributed by atoms with Gasteiger partial charge in [-0.3, -0.25) is 14.3 Å². The molecule has 0 aliphatic carbocycles. The molecule has 0 saturated carbocycles. The van der Waals surface area contributed by atoms with Gasteiger partial charge in [0.15, 0.2) is 5.03 Å².